The van der Waals surface area contributed by atoms with Crippen molar-refractivity contribution in [2.75, 3.05) is 19.6 Å². The Labute approximate surface area is 150 Å². The van der Waals surface area contributed by atoms with E-state index in [0.717, 1.165) is 18.5 Å². The Balaban J connectivity index is 0.000000298. The molecule has 1 atom stereocenters. The molecule has 0 bridgehead atoms. The largest absolute Gasteiger partial charge is 0.490 e. The topological polar surface area (TPSA) is 94.8 Å². The maximum absolute atomic E-state index is 12.1. The number of carbonyl (C=O) groups is 2. The highest BCUT2D eigenvalue weighted by Crippen LogP contribution is 2.18. The summed E-state index contributed by atoms with van der Waals surface area (Å²) >= 11 is 5.98. The first-order chi connectivity index (χ1) is 12.2. The fourth-order valence-corrected chi connectivity index (χ4v) is 2.38. The van der Waals surface area contributed by atoms with Gasteiger partial charge < -0.3 is 9.52 Å². The van der Waals surface area contributed by atoms with E-state index in [4.69, 9.17) is 25.9 Å². The average Bonchev–Trinajstić information content (AvgIpc) is 2.99. The van der Waals surface area contributed by atoms with Crippen molar-refractivity contribution in [2.24, 2.45) is 0 Å². The minimum atomic E-state index is -5.08. The maximum Gasteiger partial charge on any atom is 0.490 e. The zero-order valence-electron chi connectivity index (χ0n) is 13.2. The number of alkyl halides is 4. The molecule has 1 aromatic heterocycles. The maximum atomic E-state index is 12.1. The fourth-order valence-electron chi connectivity index (χ4n) is 2.10. The number of carbonyl (C=O) groups excluding carboxylic acids is 1. The van der Waals surface area contributed by atoms with Crippen LogP contribution in [0.3, 0.4) is 0 Å². The summed E-state index contributed by atoms with van der Waals surface area (Å²) < 4.78 is 37.2. The monoisotopic (exact) mass is 393 g/mol. The lowest BCUT2D eigenvalue weighted by Crippen LogP contribution is -2.55. The predicted octanol–water partition coefficient (Wildman–Crippen LogP) is 2.18. The molecule has 7 nitrogen and oxygen atoms in total. The standard InChI is InChI=1S/C13H14ClN3O2.C2HF3O2/c14-12-8-17(6-5-15-12)16-13(18)11-7-9-3-1-2-4-10(9)19-11;3-2(4,5)1(6)7/h1-4,7,12,15H,5-6,8H2,(H,16,18);(H,6,7). The third-order valence-electron chi connectivity index (χ3n) is 3.28. The quantitative estimate of drug-likeness (QED) is 0.535. The summed E-state index contributed by atoms with van der Waals surface area (Å²) in [5, 5.41) is 12.9. The van der Waals surface area contributed by atoms with Gasteiger partial charge in [0.1, 0.15) is 5.58 Å². The van der Waals surface area contributed by atoms with Crippen molar-refractivity contribution < 1.29 is 32.3 Å². The smallest absolute Gasteiger partial charge is 0.475 e. The van der Waals surface area contributed by atoms with Crippen LogP contribution in [0.25, 0.3) is 11.0 Å². The second-order valence-corrected chi connectivity index (χ2v) is 5.79. The Kier molecular flexibility index (Phi) is 6.46. The van der Waals surface area contributed by atoms with Gasteiger partial charge in [0.25, 0.3) is 0 Å². The second-order valence-electron chi connectivity index (χ2n) is 5.26. The number of para-hydroxylation sites is 1. The Bertz CT molecular complexity index is 748. The summed E-state index contributed by atoms with van der Waals surface area (Å²) in [6.07, 6.45) is -5.08. The second kappa shape index (κ2) is 8.39. The van der Waals surface area contributed by atoms with Gasteiger partial charge in [-0.3, -0.25) is 15.5 Å². The fraction of sp³-hybridized carbons (Fsp3) is 0.333. The third kappa shape index (κ3) is 5.61. The molecule has 1 aliphatic rings. The lowest BCUT2D eigenvalue weighted by Gasteiger charge is -2.30. The molecular formula is C15H15ClF3N3O4. The number of furan rings is 1. The van der Waals surface area contributed by atoms with Gasteiger partial charge in [-0.25, -0.2) is 9.80 Å². The number of hydrogen-bond acceptors (Lipinski definition) is 5. The lowest BCUT2D eigenvalue weighted by molar-refractivity contribution is -0.192. The first-order valence-corrected chi connectivity index (χ1v) is 7.82. The molecule has 2 heterocycles. The van der Waals surface area contributed by atoms with Crippen LogP contribution >= 0.6 is 11.6 Å². The van der Waals surface area contributed by atoms with Gasteiger partial charge in [-0.05, 0) is 12.1 Å². The molecule has 1 unspecified atom stereocenters. The zero-order chi connectivity index (χ0) is 19.3. The molecule has 1 aromatic carbocycles. The number of carboxylic acid groups (broad SMARTS) is 1. The van der Waals surface area contributed by atoms with E-state index in [9.17, 15) is 18.0 Å². The first-order valence-electron chi connectivity index (χ1n) is 7.39. The minimum Gasteiger partial charge on any atom is -0.475 e. The molecule has 0 saturated carbocycles. The number of hydrazine groups is 1. The van der Waals surface area contributed by atoms with Crippen LogP contribution in [-0.2, 0) is 4.79 Å². The first kappa shape index (κ1) is 20.0. The number of aliphatic carboxylic acids is 1. The van der Waals surface area contributed by atoms with E-state index in [0.29, 0.717) is 17.9 Å². The molecule has 1 saturated heterocycles. The average molecular weight is 394 g/mol. The Hall–Kier alpha value is -2.30. The Morgan fingerprint density at radius 2 is 2.00 bits per heavy atom. The van der Waals surface area contributed by atoms with E-state index in [1.165, 1.54) is 0 Å². The number of benzene rings is 1. The SMILES string of the molecule is O=C(NN1CCNC(Cl)C1)c1cc2ccccc2o1.O=C(O)C(F)(F)F. The van der Waals surface area contributed by atoms with Crippen LogP contribution in [0.1, 0.15) is 10.6 Å². The van der Waals surface area contributed by atoms with E-state index in [1.807, 2.05) is 24.3 Å². The number of amides is 1. The number of nitrogens with zero attached hydrogens (tertiary/aromatic N) is 1. The van der Waals surface area contributed by atoms with Crippen molar-refractivity contribution in [3.63, 3.8) is 0 Å². The number of rotatable bonds is 2. The lowest BCUT2D eigenvalue weighted by atomic mass is 10.2. The Morgan fingerprint density at radius 1 is 1.35 bits per heavy atom. The molecule has 1 fully saturated rings. The van der Waals surface area contributed by atoms with Gasteiger partial charge in [0, 0.05) is 25.0 Å². The molecule has 0 radical (unpaired) electrons. The van der Waals surface area contributed by atoms with Gasteiger partial charge in [-0.1, -0.05) is 18.2 Å². The predicted molar refractivity (Wildman–Crippen MR) is 86.6 cm³/mol. The van der Waals surface area contributed by atoms with Crippen LogP contribution < -0.4 is 10.7 Å². The normalized spacial score (nSPS) is 18.1. The van der Waals surface area contributed by atoms with Gasteiger partial charge in [-0.15, -0.1) is 11.6 Å². The van der Waals surface area contributed by atoms with Gasteiger partial charge in [0.2, 0.25) is 0 Å². The summed E-state index contributed by atoms with van der Waals surface area (Å²) in [7, 11) is 0. The molecular weight excluding hydrogens is 379 g/mol. The van der Waals surface area contributed by atoms with Crippen molar-refractivity contribution in [2.45, 2.75) is 11.7 Å². The molecule has 0 aliphatic carbocycles. The van der Waals surface area contributed by atoms with Gasteiger partial charge in [0.05, 0.1) is 5.50 Å². The number of piperazine rings is 1. The summed E-state index contributed by atoms with van der Waals surface area (Å²) in [5.41, 5.74) is 3.37. The molecule has 3 N–H and O–H groups in total. The molecule has 142 valence electrons. The van der Waals surface area contributed by atoms with Gasteiger partial charge in [0.15, 0.2) is 5.76 Å². The number of halogens is 4. The Morgan fingerprint density at radius 3 is 2.58 bits per heavy atom. The number of fused-ring (bicyclic) bond motifs is 1. The van der Waals surface area contributed by atoms with E-state index in [-0.39, 0.29) is 11.4 Å². The summed E-state index contributed by atoms with van der Waals surface area (Å²) in [5.74, 6) is -2.69. The zero-order valence-corrected chi connectivity index (χ0v) is 14.0. The van der Waals surface area contributed by atoms with Crippen molar-refractivity contribution in [3.8, 4) is 0 Å². The molecule has 2 aromatic rings. The van der Waals surface area contributed by atoms with Crippen molar-refractivity contribution in [1.82, 2.24) is 15.8 Å². The molecule has 0 spiro atoms. The molecule has 1 amide bonds. The summed E-state index contributed by atoms with van der Waals surface area (Å²) in [6.45, 7) is 2.03. The number of carboxylic acids is 1. The van der Waals surface area contributed by atoms with Gasteiger partial charge in [-0.2, -0.15) is 13.2 Å². The highest BCUT2D eigenvalue weighted by atomic mass is 35.5. The van der Waals surface area contributed by atoms with E-state index in [2.05, 4.69) is 10.7 Å². The van der Waals surface area contributed by atoms with Crippen LogP contribution in [0.2, 0.25) is 0 Å². The highest BCUT2D eigenvalue weighted by molar-refractivity contribution is 6.20. The van der Waals surface area contributed by atoms with Gasteiger partial charge >= 0.3 is 18.1 Å². The van der Waals surface area contributed by atoms with Crippen molar-refractivity contribution >= 4 is 34.4 Å². The van der Waals surface area contributed by atoms with Crippen LogP contribution in [0.4, 0.5) is 13.2 Å². The molecule has 3 rings (SSSR count). The van der Waals surface area contributed by atoms with E-state index < -0.39 is 12.1 Å². The number of nitrogens with one attached hydrogen (secondary N) is 2. The minimum absolute atomic E-state index is 0.148. The van der Waals surface area contributed by atoms with Crippen molar-refractivity contribution in [3.05, 3.63) is 36.1 Å². The van der Waals surface area contributed by atoms with Crippen LogP contribution in [0.5, 0.6) is 0 Å². The van der Waals surface area contributed by atoms with Crippen LogP contribution in [0.15, 0.2) is 34.7 Å². The highest BCUT2D eigenvalue weighted by Gasteiger charge is 2.38. The molecule has 11 heteroatoms. The summed E-state index contributed by atoms with van der Waals surface area (Å²) in [4.78, 5) is 21.0. The molecule has 26 heavy (non-hydrogen) atoms. The number of hydrogen-bond donors (Lipinski definition) is 3. The third-order valence-corrected chi connectivity index (χ3v) is 3.57. The van der Waals surface area contributed by atoms with Crippen LogP contribution in [-0.4, -0.2) is 53.3 Å². The van der Waals surface area contributed by atoms with E-state index >= 15 is 0 Å². The van der Waals surface area contributed by atoms with E-state index in [1.54, 1.807) is 11.1 Å². The van der Waals surface area contributed by atoms with Crippen molar-refractivity contribution in [1.29, 1.82) is 0 Å². The summed E-state index contributed by atoms with van der Waals surface area (Å²) in [6, 6.07) is 9.28. The van der Waals surface area contributed by atoms with Crippen LogP contribution in [0, 0.1) is 0 Å². The molecule has 1 aliphatic heterocycles.